The van der Waals surface area contributed by atoms with Gasteiger partial charge in [-0.2, -0.15) is 0 Å². The first kappa shape index (κ1) is 16.2. The van der Waals surface area contributed by atoms with Crippen LogP contribution in [0.5, 0.6) is 0 Å². The summed E-state index contributed by atoms with van der Waals surface area (Å²) in [5.41, 5.74) is 1.09. The molecule has 1 amide bonds. The second kappa shape index (κ2) is 8.31. The third-order valence-electron chi connectivity index (χ3n) is 2.80. The summed E-state index contributed by atoms with van der Waals surface area (Å²) in [6.45, 7) is 0.743. The number of benzene rings is 1. The molecule has 0 aliphatic rings. The number of carbonyl (C=O) groups is 1. The van der Waals surface area contributed by atoms with E-state index in [1.54, 1.807) is 19.2 Å². The lowest BCUT2D eigenvalue weighted by atomic mass is 10.1. The fourth-order valence-electron chi connectivity index (χ4n) is 1.68. The quantitative estimate of drug-likeness (QED) is 0.781. The molecule has 0 unspecified atom stereocenters. The minimum Gasteiger partial charge on any atom is -0.384 e. The van der Waals surface area contributed by atoms with Crippen molar-refractivity contribution in [3.8, 4) is 11.8 Å². The van der Waals surface area contributed by atoms with Crippen LogP contribution in [0.2, 0.25) is 0 Å². The van der Waals surface area contributed by atoms with Crippen molar-refractivity contribution in [1.82, 2.24) is 10.2 Å². The summed E-state index contributed by atoms with van der Waals surface area (Å²) in [6.07, 6.45) is 0.384. The number of aliphatic hydroxyl groups excluding tert-OH is 1. The summed E-state index contributed by atoms with van der Waals surface area (Å²) in [6, 6.07) is 4.74. The molecule has 0 aliphatic carbocycles. The number of hydrogen-bond donors (Lipinski definition) is 2. The largest absolute Gasteiger partial charge is 0.384 e. The van der Waals surface area contributed by atoms with Crippen molar-refractivity contribution in [2.75, 3.05) is 27.2 Å². The Morgan fingerprint density at radius 1 is 1.50 bits per heavy atom. The van der Waals surface area contributed by atoms with Crippen molar-refractivity contribution >= 4 is 5.91 Å². The normalized spacial score (nSPS) is 10.1. The number of nitrogens with one attached hydrogen (secondary N) is 1. The van der Waals surface area contributed by atoms with Gasteiger partial charge in [-0.3, -0.25) is 4.79 Å². The second-order valence-electron chi connectivity index (χ2n) is 4.43. The summed E-state index contributed by atoms with van der Waals surface area (Å²) in [5.74, 6) is 4.76. The number of aliphatic hydroxyl groups is 1. The van der Waals surface area contributed by atoms with Gasteiger partial charge in [0.25, 0.3) is 0 Å². The van der Waals surface area contributed by atoms with Gasteiger partial charge in [0, 0.05) is 37.7 Å². The standard InChI is InChI=1S/C15H19FN2O2/c1-17-15(20)7-8-18(2)11-13-6-5-12(4-3-9-19)10-14(13)16/h5-6,10,19H,7-9,11H2,1-2H3,(H,17,20). The number of amides is 1. The maximum absolute atomic E-state index is 13.9. The number of nitrogens with zero attached hydrogens (tertiary/aromatic N) is 1. The fraction of sp³-hybridized carbons (Fsp3) is 0.400. The smallest absolute Gasteiger partial charge is 0.221 e. The molecule has 1 aromatic carbocycles. The van der Waals surface area contributed by atoms with Crippen molar-refractivity contribution in [3.05, 3.63) is 35.1 Å². The molecule has 0 bridgehead atoms. The SMILES string of the molecule is CNC(=O)CCN(C)Cc1ccc(C#CCO)cc1F. The lowest BCUT2D eigenvalue weighted by molar-refractivity contribution is -0.120. The molecule has 4 nitrogen and oxygen atoms in total. The molecular weight excluding hydrogens is 259 g/mol. The molecular formula is C15H19FN2O2. The molecule has 1 rings (SSSR count). The molecule has 0 saturated heterocycles. The summed E-state index contributed by atoms with van der Waals surface area (Å²) in [7, 11) is 3.43. The zero-order valence-electron chi connectivity index (χ0n) is 11.7. The van der Waals surface area contributed by atoms with Gasteiger partial charge in [-0.05, 0) is 19.2 Å². The van der Waals surface area contributed by atoms with Gasteiger partial charge < -0.3 is 15.3 Å². The van der Waals surface area contributed by atoms with E-state index in [2.05, 4.69) is 17.2 Å². The Morgan fingerprint density at radius 3 is 2.85 bits per heavy atom. The number of halogens is 1. The van der Waals surface area contributed by atoms with E-state index in [0.717, 1.165) is 0 Å². The monoisotopic (exact) mass is 278 g/mol. The van der Waals surface area contributed by atoms with Gasteiger partial charge in [0.1, 0.15) is 12.4 Å². The number of rotatable bonds is 5. The highest BCUT2D eigenvalue weighted by Gasteiger charge is 2.08. The van der Waals surface area contributed by atoms with Crippen LogP contribution in [0.3, 0.4) is 0 Å². The highest BCUT2D eigenvalue weighted by atomic mass is 19.1. The van der Waals surface area contributed by atoms with Gasteiger partial charge >= 0.3 is 0 Å². The minimum atomic E-state index is -0.332. The average molecular weight is 278 g/mol. The predicted octanol–water partition coefficient (Wildman–Crippen LogP) is 0.737. The minimum absolute atomic E-state index is 0.0352. The lowest BCUT2D eigenvalue weighted by Gasteiger charge is -2.16. The van der Waals surface area contributed by atoms with E-state index in [1.165, 1.54) is 6.07 Å². The molecule has 0 fully saturated rings. The van der Waals surface area contributed by atoms with Crippen molar-refractivity contribution in [3.63, 3.8) is 0 Å². The molecule has 0 spiro atoms. The molecule has 1 aromatic rings. The van der Waals surface area contributed by atoms with E-state index in [0.29, 0.717) is 30.6 Å². The van der Waals surface area contributed by atoms with Crippen molar-refractivity contribution in [2.45, 2.75) is 13.0 Å². The van der Waals surface area contributed by atoms with Crippen molar-refractivity contribution in [2.24, 2.45) is 0 Å². The van der Waals surface area contributed by atoms with E-state index < -0.39 is 0 Å². The molecule has 0 aliphatic heterocycles. The van der Waals surface area contributed by atoms with E-state index in [9.17, 15) is 9.18 Å². The zero-order chi connectivity index (χ0) is 15.0. The van der Waals surface area contributed by atoms with E-state index in [1.807, 2.05) is 11.9 Å². The highest BCUT2D eigenvalue weighted by molar-refractivity contribution is 5.75. The maximum atomic E-state index is 13.9. The van der Waals surface area contributed by atoms with Crippen LogP contribution in [-0.4, -0.2) is 43.2 Å². The third kappa shape index (κ3) is 5.39. The Bertz CT molecular complexity index is 520. The molecule has 0 atom stereocenters. The summed E-state index contributed by atoms with van der Waals surface area (Å²) in [5, 5.41) is 11.1. The third-order valence-corrected chi connectivity index (χ3v) is 2.80. The zero-order valence-corrected chi connectivity index (χ0v) is 11.7. The van der Waals surface area contributed by atoms with Crippen LogP contribution in [0.25, 0.3) is 0 Å². The molecule has 0 saturated carbocycles. The summed E-state index contributed by atoms with van der Waals surface area (Å²) < 4.78 is 13.9. The maximum Gasteiger partial charge on any atom is 0.221 e. The molecule has 108 valence electrons. The van der Waals surface area contributed by atoms with Gasteiger partial charge in [0.2, 0.25) is 5.91 Å². The molecule has 0 aromatic heterocycles. The van der Waals surface area contributed by atoms with Crippen molar-refractivity contribution in [1.29, 1.82) is 0 Å². The fourth-order valence-corrected chi connectivity index (χ4v) is 1.68. The van der Waals surface area contributed by atoms with Gasteiger partial charge in [0.15, 0.2) is 0 Å². The molecule has 2 N–H and O–H groups in total. The van der Waals surface area contributed by atoms with Gasteiger partial charge in [0.05, 0.1) is 0 Å². The van der Waals surface area contributed by atoms with Crippen molar-refractivity contribution < 1.29 is 14.3 Å². The first-order chi connectivity index (χ1) is 9.56. The Labute approximate surface area is 118 Å². The van der Waals surface area contributed by atoms with Crippen LogP contribution in [-0.2, 0) is 11.3 Å². The Balaban J connectivity index is 2.61. The second-order valence-corrected chi connectivity index (χ2v) is 4.43. The Hall–Kier alpha value is -1.90. The van der Waals surface area contributed by atoms with Gasteiger partial charge in [-0.25, -0.2) is 4.39 Å². The predicted molar refractivity (Wildman–Crippen MR) is 75.4 cm³/mol. The van der Waals surface area contributed by atoms with Crippen LogP contribution in [0.4, 0.5) is 4.39 Å². The van der Waals surface area contributed by atoms with Crippen LogP contribution < -0.4 is 5.32 Å². The molecule has 5 heteroatoms. The molecule has 0 heterocycles. The van der Waals surface area contributed by atoms with Crippen LogP contribution in [0.15, 0.2) is 18.2 Å². The lowest BCUT2D eigenvalue weighted by Crippen LogP contribution is -2.26. The highest BCUT2D eigenvalue weighted by Crippen LogP contribution is 2.12. The summed E-state index contributed by atoms with van der Waals surface area (Å²) in [4.78, 5) is 13.0. The summed E-state index contributed by atoms with van der Waals surface area (Å²) >= 11 is 0. The average Bonchev–Trinajstić information content (AvgIpc) is 2.45. The van der Waals surface area contributed by atoms with E-state index in [-0.39, 0.29) is 18.3 Å². The van der Waals surface area contributed by atoms with Gasteiger partial charge in [-0.15, -0.1) is 0 Å². The first-order valence-electron chi connectivity index (χ1n) is 6.34. The van der Waals surface area contributed by atoms with Gasteiger partial charge in [-0.1, -0.05) is 17.9 Å². The Kier molecular flexibility index (Phi) is 6.71. The van der Waals surface area contributed by atoms with Crippen LogP contribution in [0, 0.1) is 17.7 Å². The first-order valence-corrected chi connectivity index (χ1v) is 6.34. The number of carbonyl (C=O) groups excluding carboxylic acids is 1. The van der Waals surface area contributed by atoms with Crippen LogP contribution >= 0.6 is 0 Å². The number of hydrogen-bond acceptors (Lipinski definition) is 3. The van der Waals surface area contributed by atoms with E-state index in [4.69, 9.17) is 5.11 Å². The van der Waals surface area contributed by atoms with Crippen LogP contribution in [0.1, 0.15) is 17.5 Å². The topological polar surface area (TPSA) is 52.6 Å². The molecule has 20 heavy (non-hydrogen) atoms. The molecule has 0 radical (unpaired) electrons. The Morgan fingerprint density at radius 2 is 2.25 bits per heavy atom. The van der Waals surface area contributed by atoms with E-state index >= 15 is 0 Å².